The zero-order valence-corrected chi connectivity index (χ0v) is 19.3. The molecule has 1 aromatic heterocycles. The molecule has 170 valence electrons. The first-order chi connectivity index (χ1) is 15.2. The smallest absolute Gasteiger partial charge is 0.251 e. The zero-order valence-electron chi connectivity index (χ0n) is 19.3. The molecule has 0 fully saturated rings. The van der Waals surface area contributed by atoms with Crippen molar-refractivity contribution < 1.29 is 19.0 Å². The predicted molar refractivity (Wildman–Crippen MR) is 127 cm³/mol. The van der Waals surface area contributed by atoms with Gasteiger partial charge in [-0.25, -0.2) is 0 Å². The quantitative estimate of drug-likeness (QED) is 0.511. The first kappa shape index (κ1) is 23.2. The van der Waals surface area contributed by atoms with E-state index in [0.717, 1.165) is 23.0 Å². The van der Waals surface area contributed by atoms with E-state index in [0.29, 0.717) is 35.1 Å². The Labute approximate surface area is 188 Å². The molecule has 32 heavy (non-hydrogen) atoms. The number of anilines is 1. The van der Waals surface area contributed by atoms with Gasteiger partial charge in [-0.2, -0.15) is 0 Å². The highest BCUT2D eigenvalue weighted by molar-refractivity contribution is 5.96. The lowest BCUT2D eigenvalue weighted by molar-refractivity contribution is 0.0881. The van der Waals surface area contributed by atoms with Crippen LogP contribution >= 0.6 is 0 Å². The summed E-state index contributed by atoms with van der Waals surface area (Å²) in [6.45, 7) is 8.52. The number of rotatable bonds is 9. The van der Waals surface area contributed by atoms with E-state index >= 15 is 0 Å². The minimum Gasteiger partial charge on any atom is -0.493 e. The molecule has 3 N–H and O–H groups in total. The molecule has 1 heterocycles. The summed E-state index contributed by atoms with van der Waals surface area (Å²) < 4.78 is 17.1. The third-order valence-electron chi connectivity index (χ3n) is 4.88. The van der Waals surface area contributed by atoms with Gasteiger partial charge in [0.2, 0.25) is 0 Å². The maximum atomic E-state index is 12.9. The average molecular weight is 438 g/mol. The summed E-state index contributed by atoms with van der Waals surface area (Å²) in [5.41, 5.74) is 8.30. The Morgan fingerprint density at radius 2 is 1.88 bits per heavy atom. The Morgan fingerprint density at radius 3 is 2.59 bits per heavy atom. The Morgan fingerprint density at radius 1 is 1.09 bits per heavy atom. The Bertz CT molecular complexity index is 1110. The summed E-state index contributed by atoms with van der Waals surface area (Å²) in [4.78, 5) is 17.4. The molecule has 0 radical (unpaired) electrons. The molecule has 3 rings (SSSR count). The van der Waals surface area contributed by atoms with Crippen LogP contribution < -0.4 is 25.3 Å². The van der Waals surface area contributed by atoms with Gasteiger partial charge in [0.1, 0.15) is 12.4 Å². The molecule has 0 saturated carbocycles. The summed E-state index contributed by atoms with van der Waals surface area (Å²) in [6, 6.07) is 12.6. The molecule has 7 heteroatoms. The van der Waals surface area contributed by atoms with Crippen LogP contribution in [0, 0.1) is 6.92 Å². The van der Waals surface area contributed by atoms with Crippen molar-refractivity contribution in [3.05, 3.63) is 53.7 Å². The van der Waals surface area contributed by atoms with Crippen molar-refractivity contribution in [2.45, 2.75) is 39.7 Å². The lowest BCUT2D eigenvalue weighted by Gasteiger charge is -2.27. The molecule has 0 unspecified atom stereocenters. The van der Waals surface area contributed by atoms with Crippen LogP contribution in [-0.4, -0.2) is 36.8 Å². The van der Waals surface area contributed by atoms with Crippen LogP contribution in [0.15, 0.2) is 42.5 Å². The van der Waals surface area contributed by atoms with E-state index in [1.54, 1.807) is 25.3 Å². The largest absolute Gasteiger partial charge is 0.493 e. The second-order valence-electron chi connectivity index (χ2n) is 8.34. The summed E-state index contributed by atoms with van der Waals surface area (Å²) in [5.74, 6) is 1.55. The highest BCUT2D eigenvalue weighted by Crippen LogP contribution is 2.31. The molecule has 0 spiro atoms. The van der Waals surface area contributed by atoms with Gasteiger partial charge in [-0.05, 0) is 63.6 Å². The molecule has 2 aromatic carbocycles. The van der Waals surface area contributed by atoms with Gasteiger partial charge in [0.05, 0.1) is 30.2 Å². The van der Waals surface area contributed by atoms with Crippen molar-refractivity contribution in [3.63, 3.8) is 0 Å². The van der Waals surface area contributed by atoms with E-state index in [2.05, 4.69) is 10.3 Å². The normalized spacial score (nSPS) is 11.3. The number of aryl methyl sites for hydroxylation is 1. The molecule has 0 bridgehead atoms. The predicted octanol–water partition coefficient (Wildman–Crippen LogP) is 4.51. The minimum atomic E-state index is -0.642. The SMILES string of the molecule is CCCOc1cc(C(=O)NC(C)(C)COc2cccc3nc(C)cc(N)c23)ccc1OC. The maximum absolute atomic E-state index is 12.9. The molecular weight excluding hydrogens is 406 g/mol. The number of ether oxygens (including phenoxy) is 3. The van der Waals surface area contributed by atoms with E-state index < -0.39 is 5.54 Å². The third kappa shape index (κ3) is 5.41. The van der Waals surface area contributed by atoms with Crippen molar-refractivity contribution in [2.75, 3.05) is 26.1 Å². The van der Waals surface area contributed by atoms with E-state index in [-0.39, 0.29) is 12.5 Å². The number of fused-ring (bicyclic) bond motifs is 1. The van der Waals surface area contributed by atoms with Crippen molar-refractivity contribution in [1.82, 2.24) is 10.3 Å². The van der Waals surface area contributed by atoms with Gasteiger partial charge in [0.25, 0.3) is 5.91 Å². The van der Waals surface area contributed by atoms with Gasteiger partial charge in [-0.1, -0.05) is 13.0 Å². The summed E-state index contributed by atoms with van der Waals surface area (Å²) in [5, 5.41) is 3.80. The number of aromatic nitrogens is 1. The third-order valence-corrected chi connectivity index (χ3v) is 4.88. The fourth-order valence-electron chi connectivity index (χ4n) is 3.36. The van der Waals surface area contributed by atoms with Crippen LogP contribution in [-0.2, 0) is 0 Å². The monoisotopic (exact) mass is 437 g/mol. The number of pyridine rings is 1. The molecule has 0 atom stereocenters. The van der Waals surface area contributed by atoms with Gasteiger partial charge in [0, 0.05) is 16.9 Å². The number of amides is 1. The Balaban J connectivity index is 1.73. The Kier molecular flexibility index (Phi) is 7.08. The van der Waals surface area contributed by atoms with Crippen molar-refractivity contribution in [2.24, 2.45) is 0 Å². The van der Waals surface area contributed by atoms with Crippen LogP contribution in [0.25, 0.3) is 10.9 Å². The van der Waals surface area contributed by atoms with Crippen LogP contribution in [0.3, 0.4) is 0 Å². The fraction of sp³-hybridized carbons (Fsp3) is 0.360. The molecule has 3 aromatic rings. The number of hydrogen-bond acceptors (Lipinski definition) is 6. The van der Waals surface area contributed by atoms with E-state index in [4.69, 9.17) is 19.9 Å². The second kappa shape index (κ2) is 9.77. The molecule has 0 aliphatic heterocycles. The van der Waals surface area contributed by atoms with E-state index in [1.165, 1.54) is 0 Å². The molecule has 7 nitrogen and oxygen atoms in total. The molecule has 1 amide bonds. The number of nitrogens with zero attached hydrogens (tertiary/aromatic N) is 1. The number of nitrogen functional groups attached to an aromatic ring is 1. The van der Waals surface area contributed by atoms with Gasteiger partial charge in [-0.15, -0.1) is 0 Å². The van der Waals surface area contributed by atoms with Gasteiger partial charge in [0.15, 0.2) is 11.5 Å². The molecule has 0 saturated heterocycles. The second-order valence-corrected chi connectivity index (χ2v) is 8.34. The number of nitrogens with two attached hydrogens (primary N) is 1. The van der Waals surface area contributed by atoms with Gasteiger partial charge < -0.3 is 25.3 Å². The number of nitrogens with one attached hydrogen (secondary N) is 1. The number of hydrogen-bond donors (Lipinski definition) is 2. The minimum absolute atomic E-state index is 0.225. The van der Waals surface area contributed by atoms with Gasteiger partial charge >= 0.3 is 0 Å². The number of methoxy groups -OCH3 is 1. The maximum Gasteiger partial charge on any atom is 0.251 e. The van der Waals surface area contributed by atoms with E-state index in [9.17, 15) is 4.79 Å². The summed E-state index contributed by atoms with van der Waals surface area (Å²) in [7, 11) is 1.57. The highest BCUT2D eigenvalue weighted by atomic mass is 16.5. The topological polar surface area (TPSA) is 95.7 Å². The van der Waals surface area contributed by atoms with E-state index in [1.807, 2.05) is 52.0 Å². The first-order valence-corrected chi connectivity index (χ1v) is 10.7. The fourth-order valence-corrected chi connectivity index (χ4v) is 3.36. The van der Waals surface area contributed by atoms with Crippen LogP contribution in [0.2, 0.25) is 0 Å². The lowest BCUT2D eigenvalue weighted by Crippen LogP contribution is -2.47. The zero-order chi connectivity index (χ0) is 23.3. The molecular formula is C25H31N3O4. The summed E-state index contributed by atoms with van der Waals surface area (Å²) >= 11 is 0. The van der Waals surface area contributed by atoms with Crippen molar-refractivity contribution in [1.29, 1.82) is 0 Å². The van der Waals surface area contributed by atoms with Crippen LogP contribution in [0.1, 0.15) is 43.2 Å². The first-order valence-electron chi connectivity index (χ1n) is 10.7. The van der Waals surface area contributed by atoms with Crippen molar-refractivity contribution in [3.8, 4) is 17.2 Å². The highest BCUT2D eigenvalue weighted by Gasteiger charge is 2.24. The van der Waals surface area contributed by atoms with Crippen molar-refractivity contribution >= 4 is 22.5 Å². The van der Waals surface area contributed by atoms with Gasteiger partial charge in [-0.3, -0.25) is 9.78 Å². The molecule has 0 aliphatic rings. The number of carbonyl (C=O) groups excluding carboxylic acids is 1. The standard InChI is InChI=1S/C25H31N3O4/c1-6-12-31-22-14-17(10-11-20(22)30-5)24(29)28-25(3,4)15-32-21-9-7-8-19-23(21)18(26)13-16(2)27-19/h7-11,13-14H,6,12,15H2,1-5H3,(H2,26,27)(H,28,29). The van der Waals surface area contributed by atoms with Crippen LogP contribution in [0.5, 0.6) is 17.2 Å². The Hall–Kier alpha value is -3.48. The average Bonchev–Trinajstić information content (AvgIpc) is 2.75. The van der Waals surface area contributed by atoms with Crippen LogP contribution in [0.4, 0.5) is 5.69 Å². The lowest BCUT2D eigenvalue weighted by atomic mass is 10.1. The number of benzene rings is 2. The number of carbonyl (C=O) groups is 1. The molecule has 0 aliphatic carbocycles. The summed E-state index contributed by atoms with van der Waals surface area (Å²) in [6.07, 6.45) is 0.859.